The summed E-state index contributed by atoms with van der Waals surface area (Å²) >= 11 is 1.74. The van der Waals surface area contributed by atoms with Crippen LogP contribution in [0, 0.1) is 0 Å². The molecule has 0 atom stereocenters. The molecule has 16 heteroatoms. The number of carboxylic acid groups (broad SMARTS) is 2. The Bertz CT molecular complexity index is 1010. The number of aromatic nitrogens is 2. The van der Waals surface area contributed by atoms with Crippen molar-refractivity contribution in [1.29, 1.82) is 0 Å². The number of halogens is 6. The number of carboxylic acids is 2. The van der Waals surface area contributed by atoms with Gasteiger partial charge in [0.15, 0.2) is 5.69 Å². The van der Waals surface area contributed by atoms with Gasteiger partial charge in [-0.15, -0.1) is 0 Å². The first kappa shape index (κ1) is 29.1. The minimum absolute atomic E-state index is 0.112. The second-order valence-corrected chi connectivity index (χ2v) is 8.51. The zero-order valence-corrected chi connectivity index (χ0v) is 19.3. The molecular formula is C20H22F6N4O5S. The van der Waals surface area contributed by atoms with E-state index in [1.165, 1.54) is 5.56 Å². The maximum absolute atomic E-state index is 12.5. The molecule has 3 N–H and O–H groups in total. The van der Waals surface area contributed by atoms with Crippen LogP contribution in [0.2, 0.25) is 0 Å². The first-order valence-electron chi connectivity index (χ1n) is 10.4. The third-order valence-electron chi connectivity index (χ3n) is 5.08. The molecule has 2 aliphatic heterocycles. The highest BCUT2D eigenvalue weighted by Gasteiger charge is 2.39. The Morgan fingerprint density at radius 1 is 1.00 bits per heavy atom. The first-order chi connectivity index (χ1) is 16.7. The highest BCUT2D eigenvalue weighted by molar-refractivity contribution is 7.07. The summed E-state index contributed by atoms with van der Waals surface area (Å²) in [6, 6.07) is 2.18. The minimum Gasteiger partial charge on any atom is -0.475 e. The van der Waals surface area contributed by atoms with E-state index in [1.807, 2.05) is 4.90 Å². The van der Waals surface area contributed by atoms with Crippen molar-refractivity contribution in [2.45, 2.75) is 44.7 Å². The Kier molecular flexibility index (Phi) is 9.86. The molecule has 0 unspecified atom stereocenters. The van der Waals surface area contributed by atoms with Gasteiger partial charge in [-0.25, -0.2) is 9.59 Å². The number of aliphatic carboxylic acids is 2. The van der Waals surface area contributed by atoms with Gasteiger partial charge < -0.3 is 15.1 Å². The molecule has 200 valence electrons. The minimum atomic E-state index is -5.08. The lowest BCUT2D eigenvalue weighted by molar-refractivity contribution is -0.193. The summed E-state index contributed by atoms with van der Waals surface area (Å²) in [5.74, 6) is -5.40. The zero-order valence-electron chi connectivity index (χ0n) is 18.5. The van der Waals surface area contributed by atoms with Crippen LogP contribution >= 0.6 is 11.3 Å². The highest BCUT2D eigenvalue weighted by Crippen LogP contribution is 2.24. The second kappa shape index (κ2) is 12.2. The summed E-state index contributed by atoms with van der Waals surface area (Å²) < 4.78 is 63.5. The molecule has 0 saturated carbocycles. The van der Waals surface area contributed by atoms with E-state index in [4.69, 9.17) is 19.8 Å². The predicted octanol–water partition coefficient (Wildman–Crippen LogP) is 3.53. The van der Waals surface area contributed by atoms with Crippen LogP contribution in [0.5, 0.6) is 0 Å². The Hall–Kier alpha value is -3.14. The average Bonchev–Trinajstić information content (AvgIpc) is 3.54. The molecule has 4 heterocycles. The molecule has 0 aliphatic carbocycles. The molecular weight excluding hydrogens is 522 g/mol. The number of nitrogens with zero attached hydrogens (tertiary/aromatic N) is 3. The van der Waals surface area contributed by atoms with Crippen molar-refractivity contribution < 1.29 is 50.9 Å². The number of hydrogen-bond acceptors (Lipinski definition) is 6. The maximum Gasteiger partial charge on any atom is 0.490 e. The standard InChI is InChI=1S/C16H20N4OS.2C2HF3O2/c21-16(20-5-1-2-6-20)15-13-3-7-19(10-14(13)17-18-15)9-12-4-8-22-11-12;2*3-2(4,5)1(6)7/h4,8,11H,1-3,5-7,9-10H2,(H,17,18);2*(H,6,7). The number of aromatic amines is 1. The number of rotatable bonds is 3. The monoisotopic (exact) mass is 544 g/mol. The number of amides is 1. The van der Waals surface area contributed by atoms with Gasteiger partial charge in [-0.2, -0.15) is 42.8 Å². The number of carbonyl (C=O) groups excluding carboxylic acids is 1. The lowest BCUT2D eigenvalue weighted by atomic mass is 10.0. The van der Waals surface area contributed by atoms with Crippen LogP contribution in [-0.4, -0.2) is 80.0 Å². The van der Waals surface area contributed by atoms with Gasteiger partial charge >= 0.3 is 24.3 Å². The second-order valence-electron chi connectivity index (χ2n) is 7.73. The molecule has 1 saturated heterocycles. The molecule has 2 aromatic heterocycles. The lowest BCUT2D eigenvalue weighted by Crippen LogP contribution is -2.32. The Morgan fingerprint density at radius 3 is 2.03 bits per heavy atom. The largest absolute Gasteiger partial charge is 0.490 e. The number of likely N-dealkylation sites (tertiary alicyclic amines) is 1. The van der Waals surface area contributed by atoms with E-state index in [-0.39, 0.29) is 5.91 Å². The molecule has 0 aromatic carbocycles. The van der Waals surface area contributed by atoms with Gasteiger partial charge in [0.05, 0.1) is 5.69 Å². The molecule has 0 bridgehead atoms. The van der Waals surface area contributed by atoms with E-state index in [0.717, 1.165) is 63.2 Å². The van der Waals surface area contributed by atoms with Gasteiger partial charge in [-0.3, -0.25) is 14.8 Å². The van der Waals surface area contributed by atoms with Crippen molar-refractivity contribution in [1.82, 2.24) is 20.0 Å². The van der Waals surface area contributed by atoms with Crippen molar-refractivity contribution >= 4 is 29.2 Å². The van der Waals surface area contributed by atoms with Gasteiger partial charge in [0.1, 0.15) is 0 Å². The summed E-state index contributed by atoms with van der Waals surface area (Å²) in [4.78, 5) is 34.7. The molecule has 9 nitrogen and oxygen atoms in total. The van der Waals surface area contributed by atoms with Crippen molar-refractivity contribution in [2.24, 2.45) is 0 Å². The SMILES string of the molecule is O=C(O)C(F)(F)F.O=C(O)C(F)(F)F.O=C(c1n[nH]c2c1CCN(Cc1ccsc1)C2)N1CCCC1. The number of H-pyrrole nitrogens is 1. The Morgan fingerprint density at radius 2 is 1.56 bits per heavy atom. The van der Waals surface area contributed by atoms with Crippen molar-refractivity contribution in [2.75, 3.05) is 19.6 Å². The van der Waals surface area contributed by atoms with Gasteiger partial charge in [-0.1, -0.05) is 0 Å². The molecule has 1 amide bonds. The number of thiophene rings is 1. The van der Waals surface area contributed by atoms with Crippen LogP contribution in [0.1, 0.15) is 40.2 Å². The molecule has 1 fully saturated rings. The van der Waals surface area contributed by atoms with Crippen molar-refractivity contribution in [3.8, 4) is 0 Å². The zero-order chi connectivity index (χ0) is 27.1. The fraction of sp³-hybridized carbons (Fsp3) is 0.500. The van der Waals surface area contributed by atoms with E-state index in [2.05, 4.69) is 31.9 Å². The topological polar surface area (TPSA) is 127 Å². The quantitative estimate of drug-likeness (QED) is 0.505. The van der Waals surface area contributed by atoms with Crippen LogP contribution in [0.15, 0.2) is 16.8 Å². The Labute approximate surface area is 204 Å². The normalized spacial score (nSPS) is 15.8. The third-order valence-corrected chi connectivity index (χ3v) is 5.81. The Balaban J connectivity index is 0.000000271. The van der Waals surface area contributed by atoms with Crippen LogP contribution in [0.25, 0.3) is 0 Å². The lowest BCUT2D eigenvalue weighted by Gasteiger charge is -2.26. The smallest absolute Gasteiger partial charge is 0.475 e. The van der Waals surface area contributed by atoms with Crippen LogP contribution in [0.4, 0.5) is 26.3 Å². The fourth-order valence-corrected chi connectivity index (χ4v) is 4.06. The number of nitrogens with one attached hydrogen (secondary N) is 1. The number of alkyl halides is 6. The summed E-state index contributed by atoms with van der Waals surface area (Å²) in [6.45, 7) is 4.57. The maximum atomic E-state index is 12.5. The average molecular weight is 544 g/mol. The van der Waals surface area contributed by atoms with E-state index in [0.29, 0.717) is 5.69 Å². The summed E-state index contributed by atoms with van der Waals surface area (Å²) in [7, 11) is 0. The molecule has 36 heavy (non-hydrogen) atoms. The molecule has 4 rings (SSSR count). The third kappa shape index (κ3) is 8.51. The van der Waals surface area contributed by atoms with E-state index in [9.17, 15) is 31.1 Å². The molecule has 2 aromatic rings. The fourth-order valence-electron chi connectivity index (χ4n) is 3.40. The number of hydrogen-bond donors (Lipinski definition) is 3. The summed E-state index contributed by atoms with van der Waals surface area (Å²) in [6.07, 6.45) is -7.02. The van der Waals surface area contributed by atoms with Gasteiger partial charge in [0.25, 0.3) is 5.91 Å². The van der Waals surface area contributed by atoms with Gasteiger partial charge in [0, 0.05) is 38.3 Å². The van der Waals surface area contributed by atoms with Crippen LogP contribution in [-0.2, 0) is 29.1 Å². The van der Waals surface area contributed by atoms with E-state index >= 15 is 0 Å². The van der Waals surface area contributed by atoms with Crippen LogP contribution in [0.3, 0.4) is 0 Å². The van der Waals surface area contributed by atoms with E-state index < -0.39 is 24.3 Å². The summed E-state index contributed by atoms with van der Waals surface area (Å²) in [5, 5.41) is 26.0. The number of carbonyl (C=O) groups is 3. The highest BCUT2D eigenvalue weighted by atomic mass is 32.1. The van der Waals surface area contributed by atoms with Crippen molar-refractivity contribution in [3.63, 3.8) is 0 Å². The first-order valence-corrected chi connectivity index (χ1v) is 11.3. The molecule has 0 radical (unpaired) electrons. The van der Waals surface area contributed by atoms with Crippen LogP contribution < -0.4 is 0 Å². The predicted molar refractivity (Wildman–Crippen MR) is 113 cm³/mol. The molecule has 0 spiro atoms. The summed E-state index contributed by atoms with van der Waals surface area (Å²) in [5.41, 5.74) is 4.27. The number of fused-ring (bicyclic) bond motifs is 1. The van der Waals surface area contributed by atoms with Gasteiger partial charge in [0.2, 0.25) is 0 Å². The van der Waals surface area contributed by atoms with Crippen molar-refractivity contribution in [3.05, 3.63) is 39.3 Å². The molecule has 2 aliphatic rings. The van der Waals surface area contributed by atoms with Gasteiger partial charge in [-0.05, 0) is 41.7 Å². The van der Waals surface area contributed by atoms with E-state index in [1.54, 1.807) is 11.3 Å².